The van der Waals surface area contributed by atoms with Crippen LogP contribution in [0.1, 0.15) is 36.8 Å². The highest BCUT2D eigenvalue weighted by Gasteiger charge is 2.64. The molecule has 0 radical (unpaired) electrons. The van der Waals surface area contributed by atoms with Crippen LogP contribution in [0.25, 0.3) is 33.1 Å². The van der Waals surface area contributed by atoms with Crippen LogP contribution in [0.15, 0.2) is 91.0 Å². The molecule has 2 aromatic heterocycles. The van der Waals surface area contributed by atoms with Gasteiger partial charge >= 0.3 is 5.97 Å². The Labute approximate surface area is 256 Å². The van der Waals surface area contributed by atoms with E-state index in [0.29, 0.717) is 39.3 Å². The van der Waals surface area contributed by atoms with E-state index in [2.05, 4.69) is 4.98 Å². The molecule has 2 heterocycles. The van der Waals surface area contributed by atoms with E-state index in [1.54, 1.807) is 24.3 Å². The van der Waals surface area contributed by atoms with Gasteiger partial charge in [0.2, 0.25) is 0 Å². The molecule has 4 aromatic carbocycles. The molecule has 226 valence electrons. The summed E-state index contributed by atoms with van der Waals surface area (Å²) in [5.74, 6) is -3.31. The summed E-state index contributed by atoms with van der Waals surface area (Å²) in [7, 11) is 0. The maximum absolute atomic E-state index is 15.5. The Hall–Kier alpha value is -5.18. The first kappa shape index (κ1) is 28.6. The van der Waals surface area contributed by atoms with Gasteiger partial charge in [-0.25, -0.2) is 23.1 Å². The zero-order chi connectivity index (χ0) is 31.5. The third-order valence-electron chi connectivity index (χ3n) is 8.80. The van der Waals surface area contributed by atoms with Crippen molar-refractivity contribution >= 4 is 27.9 Å². The fraction of sp³-hybridized carbons (Fsp3) is 0.194. The van der Waals surface area contributed by atoms with Crippen molar-refractivity contribution in [3.63, 3.8) is 0 Å². The highest BCUT2D eigenvalue weighted by Crippen LogP contribution is 2.64. The highest BCUT2D eigenvalue weighted by molar-refractivity contribution is 5.81. The number of fused-ring (bicyclic) bond motifs is 2. The van der Waals surface area contributed by atoms with Crippen LogP contribution in [0.2, 0.25) is 0 Å². The first-order valence-corrected chi connectivity index (χ1v) is 14.5. The molecule has 0 bridgehead atoms. The molecule has 2 atom stereocenters. The molecule has 0 amide bonds. The van der Waals surface area contributed by atoms with Crippen molar-refractivity contribution < 1.29 is 27.8 Å². The van der Waals surface area contributed by atoms with E-state index in [9.17, 15) is 18.7 Å². The lowest BCUT2D eigenvalue weighted by Gasteiger charge is -2.13. The number of aromatic nitrogens is 3. The van der Waals surface area contributed by atoms with Crippen molar-refractivity contribution in [1.29, 1.82) is 0 Å². The summed E-state index contributed by atoms with van der Waals surface area (Å²) >= 11 is 0. The van der Waals surface area contributed by atoms with Crippen LogP contribution in [0, 0.1) is 28.8 Å². The minimum atomic E-state index is -1.01. The molecule has 7 rings (SSSR count). The number of carboxylic acids is 1. The number of benzene rings is 4. The summed E-state index contributed by atoms with van der Waals surface area (Å²) < 4.78 is 50.7. The second kappa shape index (κ2) is 10.8. The van der Waals surface area contributed by atoms with Crippen LogP contribution in [-0.2, 0) is 17.9 Å². The quantitative estimate of drug-likeness (QED) is 0.189. The summed E-state index contributed by atoms with van der Waals surface area (Å²) in [6.07, 6.45) is 0. The van der Waals surface area contributed by atoms with Gasteiger partial charge in [-0.15, -0.1) is 0 Å². The maximum Gasteiger partial charge on any atom is 0.307 e. The molecule has 1 N–H and O–H groups in total. The predicted octanol–water partition coefficient (Wildman–Crippen LogP) is 8.12. The molecule has 0 saturated heterocycles. The van der Waals surface area contributed by atoms with Gasteiger partial charge in [0.25, 0.3) is 0 Å². The first-order valence-electron chi connectivity index (χ1n) is 14.5. The van der Waals surface area contributed by atoms with Crippen LogP contribution >= 0.6 is 0 Å². The van der Waals surface area contributed by atoms with Gasteiger partial charge in [-0.3, -0.25) is 4.79 Å². The topological polar surface area (TPSA) is 77.2 Å². The van der Waals surface area contributed by atoms with E-state index >= 15 is 4.39 Å². The minimum absolute atomic E-state index is 0.0931. The van der Waals surface area contributed by atoms with Crippen LogP contribution in [0.3, 0.4) is 0 Å². The van der Waals surface area contributed by atoms with E-state index in [-0.39, 0.29) is 19.1 Å². The molecular formula is C36H28F3N3O3. The number of pyridine rings is 1. The average molecular weight is 608 g/mol. The van der Waals surface area contributed by atoms with Crippen molar-refractivity contribution in [2.45, 2.75) is 32.9 Å². The summed E-state index contributed by atoms with van der Waals surface area (Å²) in [4.78, 5) is 21.6. The number of carboxylic acid groups (broad SMARTS) is 1. The molecule has 1 aliphatic carbocycles. The van der Waals surface area contributed by atoms with Gasteiger partial charge in [0, 0.05) is 22.9 Å². The number of nitrogens with zero attached hydrogens (tertiary/aromatic N) is 3. The van der Waals surface area contributed by atoms with Crippen molar-refractivity contribution in [3.05, 3.63) is 126 Å². The molecule has 0 unspecified atom stereocenters. The van der Waals surface area contributed by atoms with Gasteiger partial charge in [0.05, 0.1) is 34.7 Å². The van der Waals surface area contributed by atoms with Crippen LogP contribution in [0.5, 0.6) is 5.75 Å². The van der Waals surface area contributed by atoms with Gasteiger partial charge in [-0.1, -0.05) is 56.3 Å². The van der Waals surface area contributed by atoms with Crippen molar-refractivity contribution in [2.75, 3.05) is 0 Å². The molecule has 6 aromatic rings. The van der Waals surface area contributed by atoms with Crippen molar-refractivity contribution in [2.24, 2.45) is 11.3 Å². The monoisotopic (exact) mass is 607 g/mol. The largest absolute Gasteiger partial charge is 0.487 e. The van der Waals surface area contributed by atoms with E-state index in [1.165, 1.54) is 12.1 Å². The summed E-state index contributed by atoms with van der Waals surface area (Å²) in [5.41, 5.74) is 3.51. The standard InChI is InChI=1S/C36H28F3N3O3/c1-36(2)32(33(36)35(43)44)34-41-30-17-25(45-19-24-11-9-20-5-3-4-6-29(20)40-24)12-14-31(30)42(34)18-23-8-7-21(15-27(23)38)22-10-13-26(37)28(39)16-22/h3-17,32-33H,18-19H2,1-2H3,(H,43,44)/t32-,33+/m1/s1. The number of hydrogen-bond donors (Lipinski definition) is 1. The van der Waals surface area contributed by atoms with E-state index in [0.717, 1.165) is 28.7 Å². The zero-order valence-electron chi connectivity index (χ0n) is 24.5. The molecule has 6 nitrogen and oxygen atoms in total. The van der Waals surface area contributed by atoms with Crippen molar-refractivity contribution in [3.8, 4) is 16.9 Å². The SMILES string of the molecule is CC1(C)[C@H](C(=O)O)[C@@H]1c1nc2cc(OCc3ccc4ccccc4n3)ccc2n1Cc1ccc(-c2ccc(F)c(F)c2)cc1F. The lowest BCUT2D eigenvalue weighted by atomic mass is 10.0. The minimum Gasteiger partial charge on any atom is -0.487 e. The number of carbonyl (C=O) groups is 1. The number of para-hydroxylation sites is 1. The number of imidazole rings is 1. The second-order valence-corrected chi connectivity index (χ2v) is 12.0. The fourth-order valence-electron chi connectivity index (χ4n) is 6.25. The number of rotatable bonds is 8. The normalized spacial score (nSPS) is 17.1. The first-order chi connectivity index (χ1) is 21.6. The van der Waals surface area contributed by atoms with E-state index in [1.807, 2.05) is 60.9 Å². The molecular weight excluding hydrogens is 579 g/mol. The number of hydrogen-bond acceptors (Lipinski definition) is 4. The highest BCUT2D eigenvalue weighted by atomic mass is 19.2. The third kappa shape index (κ3) is 5.18. The van der Waals surface area contributed by atoms with Crippen LogP contribution in [0.4, 0.5) is 13.2 Å². The number of aliphatic carboxylic acids is 1. The molecule has 45 heavy (non-hydrogen) atoms. The second-order valence-electron chi connectivity index (χ2n) is 12.0. The Morgan fingerprint density at radius 2 is 1.60 bits per heavy atom. The zero-order valence-corrected chi connectivity index (χ0v) is 24.5. The summed E-state index contributed by atoms with van der Waals surface area (Å²) in [6, 6.07) is 25.2. The van der Waals surface area contributed by atoms with Gasteiger partial charge < -0.3 is 14.4 Å². The molecule has 0 aliphatic heterocycles. The fourth-order valence-corrected chi connectivity index (χ4v) is 6.25. The maximum atomic E-state index is 15.5. The Kier molecular flexibility index (Phi) is 6.84. The predicted molar refractivity (Wildman–Crippen MR) is 164 cm³/mol. The van der Waals surface area contributed by atoms with E-state index in [4.69, 9.17) is 9.72 Å². The smallest absolute Gasteiger partial charge is 0.307 e. The van der Waals surface area contributed by atoms with Crippen molar-refractivity contribution in [1.82, 2.24) is 14.5 Å². The molecule has 1 saturated carbocycles. The Morgan fingerprint density at radius 3 is 2.33 bits per heavy atom. The lowest BCUT2D eigenvalue weighted by Crippen LogP contribution is -2.08. The van der Waals surface area contributed by atoms with Gasteiger partial charge in [0.1, 0.15) is 24.0 Å². The Morgan fingerprint density at radius 1 is 0.844 bits per heavy atom. The molecule has 9 heteroatoms. The Balaban J connectivity index is 1.21. The van der Waals surface area contributed by atoms with Gasteiger partial charge in [0.15, 0.2) is 11.6 Å². The molecule has 0 spiro atoms. The lowest BCUT2D eigenvalue weighted by molar-refractivity contribution is -0.139. The number of ether oxygens (including phenoxy) is 1. The average Bonchev–Trinajstić information content (AvgIpc) is 3.44. The Bertz CT molecular complexity index is 2120. The van der Waals surface area contributed by atoms with Gasteiger partial charge in [-0.2, -0.15) is 0 Å². The molecule has 1 fully saturated rings. The summed E-state index contributed by atoms with van der Waals surface area (Å²) in [6.45, 7) is 4.12. The number of halogens is 3. The van der Waals surface area contributed by atoms with Crippen LogP contribution in [-0.4, -0.2) is 25.6 Å². The van der Waals surface area contributed by atoms with Crippen LogP contribution < -0.4 is 4.74 Å². The third-order valence-corrected chi connectivity index (χ3v) is 8.80. The molecule has 1 aliphatic rings. The summed E-state index contributed by atoms with van der Waals surface area (Å²) in [5, 5.41) is 11.0. The van der Waals surface area contributed by atoms with E-state index < -0.39 is 34.8 Å². The van der Waals surface area contributed by atoms with Gasteiger partial charge in [-0.05, 0) is 59.0 Å².